The Balaban J connectivity index is 1.55. The largest absolute Gasteiger partial charge is 0.484 e. The highest BCUT2D eigenvalue weighted by Crippen LogP contribution is 2.21. The third-order valence-electron chi connectivity index (χ3n) is 3.99. The lowest BCUT2D eigenvalue weighted by Gasteiger charge is -2.15. The van der Waals surface area contributed by atoms with Crippen LogP contribution in [0.25, 0.3) is 11.2 Å². The van der Waals surface area contributed by atoms with Crippen LogP contribution in [0.1, 0.15) is 18.5 Å². The summed E-state index contributed by atoms with van der Waals surface area (Å²) in [4.78, 5) is 16.0. The third-order valence-corrected chi connectivity index (χ3v) is 3.99. The predicted molar refractivity (Wildman–Crippen MR) is 92.7 cm³/mol. The number of ether oxygens (including phenoxy) is 1. The number of hydrogen-bond acceptors (Lipinski definition) is 5. The standard InChI is InChI=1S/C18H18F3N3O3/c1-12(13-4-6-14(7-5-13)26-11-18(19,20)21)22-9-10-24-16-15(27-17(24)25)3-2-8-23-16/h2-8,12,22H,9-11H2,1H3. The van der Waals surface area contributed by atoms with Crippen molar-refractivity contribution in [2.75, 3.05) is 13.2 Å². The first kappa shape index (κ1) is 19.0. The van der Waals surface area contributed by atoms with Gasteiger partial charge >= 0.3 is 11.9 Å². The number of rotatable bonds is 7. The molecule has 0 spiro atoms. The third kappa shape index (κ3) is 4.88. The van der Waals surface area contributed by atoms with Crippen molar-refractivity contribution in [3.8, 4) is 5.75 Å². The van der Waals surface area contributed by atoms with E-state index in [0.29, 0.717) is 24.3 Å². The van der Waals surface area contributed by atoms with Crippen molar-refractivity contribution in [1.82, 2.24) is 14.9 Å². The molecule has 1 unspecified atom stereocenters. The molecule has 0 aliphatic rings. The van der Waals surface area contributed by atoms with Crippen LogP contribution in [0.15, 0.2) is 51.8 Å². The van der Waals surface area contributed by atoms with Gasteiger partial charge in [-0.2, -0.15) is 13.2 Å². The van der Waals surface area contributed by atoms with E-state index in [1.54, 1.807) is 30.5 Å². The summed E-state index contributed by atoms with van der Waals surface area (Å²) in [5.41, 5.74) is 1.81. The maximum Gasteiger partial charge on any atom is 0.422 e. The molecule has 6 nitrogen and oxygen atoms in total. The Morgan fingerprint density at radius 3 is 2.70 bits per heavy atom. The SMILES string of the molecule is CC(NCCn1c(=O)oc2cccnc21)c1ccc(OCC(F)(F)F)cc1. The van der Waals surface area contributed by atoms with Crippen molar-refractivity contribution in [3.63, 3.8) is 0 Å². The summed E-state index contributed by atoms with van der Waals surface area (Å²) in [6, 6.07) is 9.70. The fourth-order valence-electron chi connectivity index (χ4n) is 2.63. The van der Waals surface area contributed by atoms with Crippen LogP contribution < -0.4 is 15.8 Å². The van der Waals surface area contributed by atoms with Crippen molar-refractivity contribution in [2.24, 2.45) is 0 Å². The number of oxazole rings is 1. The first-order chi connectivity index (χ1) is 12.8. The molecule has 3 aromatic rings. The van der Waals surface area contributed by atoms with Gasteiger partial charge in [0.25, 0.3) is 0 Å². The van der Waals surface area contributed by atoms with Crippen LogP contribution in [0.3, 0.4) is 0 Å². The number of alkyl halides is 3. The molecule has 2 heterocycles. The van der Waals surface area contributed by atoms with E-state index in [2.05, 4.69) is 15.0 Å². The second kappa shape index (κ2) is 7.83. The van der Waals surface area contributed by atoms with E-state index < -0.39 is 18.5 Å². The van der Waals surface area contributed by atoms with E-state index in [1.165, 1.54) is 16.7 Å². The van der Waals surface area contributed by atoms with Crippen LogP contribution in [0.5, 0.6) is 5.75 Å². The van der Waals surface area contributed by atoms with Crippen molar-refractivity contribution in [3.05, 3.63) is 58.7 Å². The first-order valence-electron chi connectivity index (χ1n) is 8.31. The van der Waals surface area contributed by atoms with Gasteiger partial charge in [-0.15, -0.1) is 0 Å². The average Bonchev–Trinajstić information content (AvgIpc) is 2.95. The number of halogens is 3. The number of fused-ring (bicyclic) bond motifs is 1. The molecule has 0 amide bonds. The Kier molecular flexibility index (Phi) is 5.50. The van der Waals surface area contributed by atoms with Gasteiger partial charge in [0, 0.05) is 25.3 Å². The van der Waals surface area contributed by atoms with Gasteiger partial charge < -0.3 is 14.5 Å². The topological polar surface area (TPSA) is 69.3 Å². The number of aromatic nitrogens is 2. The van der Waals surface area contributed by atoms with Crippen LogP contribution in [-0.4, -0.2) is 28.9 Å². The molecule has 1 atom stereocenters. The Bertz CT molecular complexity index is 948. The second-order valence-corrected chi connectivity index (χ2v) is 5.99. The highest BCUT2D eigenvalue weighted by atomic mass is 19.4. The Morgan fingerprint density at radius 1 is 1.26 bits per heavy atom. The fraction of sp³-hybridized carbons (Fsp3) is 0.333. The van der Waals surface area contributed by atoms with Gasteiger partial charge in [-0.25, -0.2) is 9.78 Å². The zero-order chi connectivity index (χ0) is 19.4. The highest BCUT2D eigenvalue weighted by Gasteiger charge is 2.28. The molecule has 144 valence electrons. The van der Waals surface area contributed by atoms with E-state index >= 15 is 0 Å². The molecule has 1 N–H and O–H groups in total. The molecule has 27 heavy (non-hydrogen) atoms. The van der Waals surface area contributed by atoms with Crippen LogP contribution >= 0.6 is 0 Å². The number of pyridine rings is 1. The summed E-state index contributed by atoms with van der Waals surface area (Å²) in [5, 5.41) is 3.25. The summed E-state index contributed by atoms with van der Waals surface area (Å²) in [6.45, 7) is 1.46. The van der Waals surface area contributed by atoms with Crippen molar-refractivity contribution in [1.29, 1.82) is 0 Å². The minimum absolute atomic E-state index is 0.0662. The zero-order valence-corrected chi connectivity index (χ0v) is 14.5. The molecule has 0 saturated carbocycles. The molecular formula is C18H18F3N3O3. The zero-order valence-electron chi connectivity index (χ0n) is 14.5. The van der Waals surface area contributed by atoms with Gasteiger partial charge in [0.05, 0.1) is 0 Å². The summed E-state index contributed by atoms with van der Waals surface area (Å²) in [6.07, 6.45) is -2.77. The second-order valence-electron chi connectivity index (χ2n) is 5.99. The number of hydrogen-bond donors (Lipinski definition) is 1. The van der Waals surface area contributed by atoms with Crippen molar-refractivity contribution < 1.29 is 22.3 Å². The lowest BCUT2D eigenvalue weighted by Crippen LogP contribution is -2.26. The smallest absolute Gasteiger partial charge is 0.422 e. The van der Waals surface area contributed by atoms with E-state index in [0.717, 1.165) is 5.56 Å². The van der Waals surface area contributed by atoms with Crippen LogP contribution in [0.2, 0.25) is 0 Å². The summed E-state index contributed by atoms with van der Waals surface area (Å²) in [7, 11) is 0. The molecule has 0 radical (unpaired) electrons. The van der Waals surface area contributed by atoms with E-state index in [9.17, 15) is 18.0 Å². The normalized spacial score (nSPS) is 13.0. The van der Waals surface area contributed by atoms with Crippen LogP contribution in [0, 0.1) is 0 Å². The summed E-state index contributed by atoms with van der Waals surface area (Å²) >= 11 is 0. The molecule has 3 rings (SSSR count). The fourth-order valence-corrected chi connectivity index (χ4v) is 2.63. The van der Waals surface area contributed by atoms with Gasteiger partial charge in [-0.3, -0.25) is 4.57 Å². The van der Waals surface area contributed by atoms with Crippen molar-refractivity contribution in [2.45, 2.75) is 25.7 Å². The van der Waals surface area contributed by atoms with E-state index in [-0.39, 0.29) is 11.8 Å². The average molecular weight is 381 g/mol. The van der Waals surface area contributed by atoms with Gasteiger partial charge in [0.2, 0.25) is 0 Å². The van der Waals surface area contributed by atoms with Crippen LogP contribution in [-0.2, 0) is 6.54 Å². The summed E-state index contributed by atoms with van der Waals surface area (Å²) in [5.74, 6) is -0.310. The molecule has 0 fully saturated rings. The number of benzene rings is 1. The Morgan fingerprint density at radius 2 is 2.00 bits per heavy atom. The predicted octanol–water partition coefficient (Wildman–Crippen LogP) is 3.28. The Labute approximate surface area is 152 Å². The quantitative estimate of drug-likeness (QED) is 0.680. The van der Waals surface area contributed by atoms with E-state index in [1.807, 2.05) is 6.92 Å². The number of nitrogens with zero attached hydrogens (tertiary/aromatic N) is 2. The monoisotopic (exact) mass is 381 g/mol. The minimum Gasteiger partial charge on any atom is -0.484 e. The lowest BCUT2D eigenvalue weighted by atomic mass is 10.1. The lowest BCUT2D eigenvalue weighted by molar-refractivity contribution is -0.153. The minimum atomic E-state index is -4.36. The maximum atomic E-state index is 12.2. The summed E-state index contributed by atoms with van der Waals surface area (Å²) < 4.78 is 47.7. The highest BCUT2D eigenvalue weighted by molar-refractivity contribution is 5.67. The molecule has 9 heteroatoms. The van der Waals surface area contributed by atoms with Gasteiger partial charge in [0.15, 0.2) is 17.8 Å². The van der Waals surface area contributed by atoms with Gasteiger partial charge in [0.1, 0.15) is 5.75 Å². The molecule has 0 bridgehead atoms. The molecule has 0 saturated heterocycles. The Hall–Kier alpha value is -2.81. The van der Waals surface area contributed by atoms with E-state index in [4.69, 9.17) is 4.42 Å². The number of nitrogens with one attached hydrogen (secondary N) is 1. The van der Waals surface area contributed by atoms with Crippen LogP contribution in [0.4, 0.5) is 13.2 Å². The molecule has 0 aliphatic carbocycles. The van der Waals surface area contributed by atoms with Gasteiger partial charge in [-0.1, -0.05) is 12.1 Å². The van der Waals surface area contributed by atoms with Gasteiger partial charge in [-0.05, 0) is 36.8 Å². The first-order valence-corrected chi connectivity index (χ1v) is 8.31. The maximum absolute atomic E-state index is 12.2. The molecule has 2 aromatic heterocycles. The molecular weight excluding hydrogens is 363 g/mol. The molecule has 1 aromatic carbocycles. The molecule has 0 aliphatic heterocycles. The van der Waals surface area contributed by atoms with Crippen molar-refractivity contribution >= 4 is 11.2 Å².